The van der Waals surface area contributed by atoms with Crippen molar-refractivity contribution in [1.29, 1.82) is 0 Å². The van der Waals surface area contributed by atoms with E-state index in [1.807, 2.05) is 73.0 Å². The smallest absolute Gasteiger partial charge is 0.295 e. The number of aryl methyl sites for hydroxylation is 1. The van der Waals surface area contributed by atoms with Gasteiger partial charge in [-0.25, -0.2) is 9.67 Å². The summed E-state index contributed by atoms with van der Waals surface area (Å²) < 4.78 is 13.4. The summed E-state index contributed by atoms with van der Waals surface area (Å²) in [6.45, 7) is 3.21. The lowest BCUT2D eigenvalue weighted by molar-refractivity contribution is 0.0681. The normalized spacial score (nSPS) is 15.5. The van der Waals surface area contributed by atoms with Gasteiger partial charge in [-0.15, -0.1) is 16.4 Å². The highest BCUT2D eigenvalue weighted by Gasteiger charge is 2.21. The molecule has 2 aromatic heterocycles. The highest BCUT2D eigenvalue weighted by Crippen LogP contribution is 2.29. The number of rotatable bonds is 7. The van der Waals surface area contributed by atoms with Crippen molar-refractivity contribution in [3.8, 4) is 22.1 Å². The molecule has 2 aromatic carbocycles. The van der Waals surface area contributed by atoms with Crippen LogP contribution in [0, 0.1) is 6.92 Å². The van der Waals surface area contributed by atoms with Crippen molar-refractivity contribution in [3.63, 3.8) is 0 Å². The zero-order valence-electron chi connectivity index (χ0n) is 18.2. The number of ether oxygens (including phenoxy) is 2. The number of para-hydroxylation sites is 1. The average Bonchev–Trinajstić information content (AvgIpc) is 3.61. The fourth-order valence-corrected chi connectivity index (χ4v) is 4.41. The molecule has 0 radical (unpaired) electrons. The van der Waals surface area contributed by atoms with Crippen LogP contribution in [-0.2, 0) is 4.74 Å². The van der Waals surface area contributed by atoms with E-state index in [1.54, 1.807) is 16.0 Å². The Morgan fingerprint density at radius 3 is 2.85 bits per heavy atom. The number of hydrogen-bond acceptors (Lipinski definition) is 6. The van der Waals surface area contributed by atoms with E-state index in [-0.39, 0.29) is 11.9 Å². The molecule has 0 bridgehead atoms. The van der Waals surface area contributed by atoms with Crippen LogP contribution in [0.25, 0.3) is 16.4 Å². The summed E-state index contributed by atoms with van der Waals surface area (Å²) in [5, 5.41) is 9.43. The molecular formula is C25H24N4O3S. The van der Waals surface area contributed by atoms with Crippen molar-refractivity contribution in [2.24, 2.45) is 0 Å². The van der Waals surface area contributed by atoms with Gasteiger partial charge < -0.3 is 14.8 Å². The van der Waals surface area contributed by atoms with E-state index in [0.717, 1.165) is 35.6 Å². The Balaban J connectivity index is 1.41. The van der Waals surface area contributed by atoms with E-state index in [4.69, 9.17) is 9.47 Å². The van der Waals surface area contributed by atoms with Crippen LogP contribution in [0.5, 0.6) is 5.75 Å². The first kappa shape index (κ1) is 21.4. The molecule has 8 heteroatoms. The summed E-state index contributed by atoms with van der Waals surface area (Å²) in [5.74, 6) is 0.932. The van der Waals surface area contributed by atoms with Gasteiger partial charge in [-0.05, 0) is 61.0 Å². The van der Waals surface area contributed by atoms with E-state index in [2.05, 4.69) is 15.4 Å². The molecule has 0 saturated carbocycles. The number of aromatic nitrogens is 3. The maximum Gasteiger partial charge on any atom is 0.295 e. The molecule has 1 N–H and O–H groups in total. The van der Waals surface area contributed by atoms with Crippen LogP contribution in [0.1, 0.15) is 29.0 Å². The first-order valence-electron chi connectivity index (χ1n) is 10.9. The van der Waals surface area contributed by atoms with Crippen molar-refractivity contribution in [2.75, 3.05) is 18.5 Å². The van der Waals surface area contributed by atoms with E-state index >= 15 is 0 Å². The lowest BCUT2D eigenvalue weighted by Crippen LogP contribution is -2.19. The molecule has 33 heavy (non-hydrogen) atoms. The quantitative estimate of drug-likeness (QED) is 0.414. The molecule has 0 spiro atoms. The molecule has 7 nitrogen and oxygen atoms in total. The Labute approximate surface area is 196 Å². The molecular weight excluding hydrogens is 436 g/mol. The van der Waals surface area contributed by atoms with Crippen molar-refractivity contribution in [1.82, 2.24) is 14.8 Å². The molecule has 168 valence electrons. The van der Waals surface area contributed by atoms with Gasteiger partial charge in [-0.3, -0.25) is 4.79 Å². The number of hydrogen-bond donors (Lipinski definition) is 1. The third-order valence-corrected chi connectivity index (χ3v) is 6.25. The molecule has 1 aliphatic heterocycles. The predicted octanol–water partition coefficient (Wildman–Crippen LogP) is 5.11. The highest BCUT2D eigenvalue weighted by atomic mass is 32.1. The highest BCUT2D eigenvalue weighted by molar-refractivity contribution is 7.13. The zero-order valence-corrected chi connectivity index (χ0v) is 19.0. The van der Waals surface area contributed by atoms with Gasteiger partial charge in [0.1, 0.15) is 12.4 Å². The molecule has 0 aliphatic carbocycles. The maximum atomic E-state index is 13.2. The second kappa shape index (κ2) is 9.56. The standard InChI is InChI=1S/C25H24N4O3S/c1-17-11-12-20(21(15-17)32-16-19-9-5-13-31-19)26-25(30)23-27-24(22-10-6-14-33-22)29(28-23)18-7-3-2-4-8-18/h2-4,6-8,10-12,14-15,19H,5,9,13,16H2,1H3,(H,26,30)/t19-/m1/s1. The molecule has 1 fully saturated rings. The van der Waals surface area contributed by atoms with Crippen LogP contribution in [0.3, 0.4) is 0 Å². The Morgan fingerprint density at radius 2 is 2.09 bits per heavy atom. The molecule has 0 unspecified atom stereocenters. The van der Waals surface area contributed by atoms with Crippen LogP contribution in [0.4, 0.5) is 5.69 Å². The summed E-state index contributed by atoms with van der Waals surface area (Å²) in [4.78, 5) is 18.7. The molecule has 3 heterocycles. The fraction of sp³-hybridized carbons (Fsp3) is 0.240. The van der Waals surface area contributed by atoms with Gasteiger partial charge >= 0.3 is 0 Å². The average molecular weight is 461 g/mol. The van der Waals surface area contributed by atoms with Crippen LogP contribution in [0.15, 0.2) is 66.0 Å². The molecule has 1 aliphatic rings. The predicted molar refractivity (Wildman–Crippen MR) is 128 cm³/mol. The Morgan fingerprint density at radius 1 is 1.21 bits per heavy atom. The van der Waals surface area contributed by atoms with Gasteiger partial charge in [0.05, 0.1) is 22.4 Å². The summed E-state index contributed by atoms with van der Waals surface area (Å²) in [7, 11) is 0. The minimum Gasteiger partial charge on any atom is -0.489 e. The topological polar surface area (TPSA) is 78.3 Å². The van der Waals surface area contributed by atoms with Crippen molar-refractivity contribution in [3.05, 3.63) is 77.4 Å². The zero-order chi connectivity index (χ0) is 22.6. The lowest BCUT2D eigenvalue weighted by atomic mass is 10.2. The molecule has 1 amide bonds. The van der Waals surface area contributed by atoms with Crippen LogP contribution in [-0.4, -0.2) is 40.0 Å². The van der Waals surface area contributed by atoms with Crippen molar-refractivity contribution >= 4 is 22.9 Å². The van der Waals surface area contributed by atoms with Crippen LogP contribution in [0.2, 0.25) is 0 Å². The largest absolute Gasteiger partial charge is 0.489 e. The minimum atomic E-state index is -0.395. The monoisotopic (exact) mass is 460 g/mol. The SMILES string of the molecule is Cc1ccc(NC(=O)c2nc(-c3cccs3)n(-c3ccccc3)n2)c(OC[C@H]2CCCO2)c1. The van der Waals surface area contributed by atoms with Gasteiger partial charge in [0.2, 0.25) is 5.82 Å². The summed E-state index contributed by atoms with van der Waals surface area (Å²) in [6.07, 6.45) is 2.12. The second-order valence-electron chi connectivity index (χ2n) is 7.88. The van der Waals surface area contributed by atoms with Gasteiger partial charge in [0.15, 0.2) is 5.82 Å². The number of thiophene rings is 1. The number of nitrogens with one attached hydrogen (secondary N) is 1. The van der Waals surface area contributed by atoms with Crippen LogP contribution >= 0.6 is 11.3 Å². The Bertz CT molecular complexity index is 1230. The van der Waals surface area contributed by atoms with Crippen molar-refractivity contribution in [2.45, 2.75) is 25.9 Å². The second-order valence-corrected chi connectivity index (χ2v) is 8.83. The first-order valence-corrected chi connectivity index (χ1v) is 11.8. The number of carbonyl (C=O) groups is 1. The van der Waals surface area contributed by atoms with Gasteiger partial charge in [0.25, 0.3) is 5.91 Å². The molecule has 4 aromatic rings. The van der Waals surface area contributed by atoms with Gasteiger partial charge in [-0.2, -0.15) is 0 Å². The Hall–Kier alpha value is -3.49. The van der Waals surface area contributed by atoms with E-state index in [0.29, 0.717) is 23.9 Å². The number of amides is 1. The first-order chi connectivity index (χ1) is 16.2. The van der Waals surface area contributed by atoms with E-state index in [1.165, 1.54) is 0 Å². The van der Waals surface area contributed by atoms with Gasteiger partial charge in [0, 0.05) is 6.61 Å². The molecule has 1 saturated heterocycles. The van der Waals surface area contributed by atoms with E-state index < -0.39 is 5.91 Å². The molecule has 1 atom stereocenters. The number of nitrogens with zero attached hydrogens (tertiary/aromatic N) is 3. The third kappa shape index (κ3) is 4.81. The van der Waals surface area contributed by atoms with Gasteiger partial charge in [-0.1, -0.05) is 30.3 Å². The lowest BCUT2D eigenvalue weighted by Gasteiger charge is -2.15. The van der Waals surface area contributed by atoms with E-state index in [9.17, 15) is 4.79 Å². The summed E-state index contributed by atoms with van der Waals surface area (Å²) in [5.41, 5.74) is 2.46. The third-order valence-electron chi connectivity index (χ3n) is 5.39. The number of benzene rings is 2. The van der Waals surface area contributed by atoms with Crippen molar-refractivity contribution < 1.29 is 14.3 Å². The number of anilines is 1. The summed E-state index contributed by atoms with van der Waals surface area (Å²) >= 11 is 1.55. The maximum absolute atomic E-state index is 13.2. The summed E-state index contributed by atoms with van der Waals surface area (Å²) in [6, 6.07) is 19.3. The fourth-order valence-electron chi connectivity index (χ4n) is 3.71. The minimum absolute atomic E-state index is 0.0886. The molecule has 5 rings (SSSR count). The Kier molecular flexibility index (Phi) is 6.19. The number of carbonyl (C=O) groups excluding carboxylic acids is 1. The van der Waals surface area contributed by atoms with Crippen LogP contribution < -0.4 is 10.1 Å².